The Hall–Kier alpha value is -0.220. The molecule has 0 aromatic heterocycles. The molecule has 1 fully saturated rings. The highest BCUT2D eigenvalue weighted by Gasteiger charge is 2.24. The van der Waals surface area contributed by atoms with Crippen molar-refractivity contribution >= 4 is 17.7 Å². The molecular formula is C11H21NO2S. The fourth-order valence-corrected chi connectivity index (χ4v) is 1.96. The van der Waals surface area contributed by atoms with E-state index in [9.17, 15) is 4.79 Å². The Morgan fingerprint density at radius 1 is 1.60 bits per heavy atom. The van der Waals surface area contributed by atoms with Crippen LogP contribution in [0.1, 0.15) is 25.7 Å². The molecule has 1 aliphatic carbocycles. The Bertz CT molecular complexity index is 195. The predicted molar refractivity (Wildman–Crippen MR) is 64.1 cm³/mol. The minimum Gasteiger partial charge on any atom is -0.468 e. The van der Waals surface area contributed by atoms with Crippen molar-refractivity contribution in [3.05, 3.63) is 0 Å². The third-order valence-corrected chi connectivity index (χ3v) is 3.37. The van der Waals surface area contributed by atoms with E-state index in [1.807, 2.05) is 11.8 Å². The molecule has 1 saturated carbocycles. The highest BCUT2D eigenvalue weighted by molar-refractivity contribution is 7.98. The summed E-state index contributed by atoms with van der Waals surface area (Å²) >= 11 is 1.82. The van der Waals surface area contributed by atoms with Gasteiger partial charge in [0.1, 0.15) is 6.04 Å². The van der Waals surface area contributed by atoms with Gasteiger partial charge in [-0.15, -0.1) is 0 Å². The summed E-state index contributed by atoms with van der Waals surface area (Å²) in [6.07, 6.45) is 6.67. The third-order valence-electron chi connectivity index (χ3n) is 2.68. The molecule has 0 saturated heterocycles. The van der Waals surface area contributed by atoms with Crippen molar-refractivity contribution in [1.82, 2.24) is 5.32 Å². The van der Waals surface area contributed by atoms with Crippen molar-refractivity contribution in [1.29, 1.82) is 0 Å². The number of hydrogen-bond donors (Lipinski definition) is 1. The van der Waals surface area contributed by atoms with Gasteiger partial charge in [0.15, 0.2) is 0 Å². The summed E-state index contributed by atoms with van der Waals surface area (Å²) < 4.78 is 4.79. The van der Waals surface area contributed by atoms with E-state index in [1.165, 1.54) is 20.0 Å². The molecule has 0 heterocycles. The molecule has 0 aromatic carbocycles. The molecule has 1 atom stereocenters. The third kappa shape index (κ3) is 5.42. The molecule has 0 radical (unpaired) electrons. The van der Waals surface area contributed by atoms with Crippen LogP contribution >= 0.6 is 11.8 Å². The monoisotopic (exact) mass is 231 g/mol. The molecule has 1 N–H and O–H groups in total. The van der Waals surface area contributed by atoms with Crippen molar-refractivity contribution < 1.29 is 9.53 Å². The van der Waals surface area contributed by atoms with Crippen LogP contribution in [-0.4, -0.2) is 37.7 Å². The van der Waals surface area contributed by atoms with Crippen LogP contribution in [0.4, 0.5) is 0 Å². The summed E-state index contributed by atoms with van der Waals surface area (Å²) in [6.45, 7) is 0.971. The topological polar surface area (TPSA) is 38.3 Å². The molecule has 0 spiro atoms. The van der Waals surface area contributed by atoms with Crippen molar-refractivity contribution in [2.24, 2.45) is 5.92 Å². The van der Waals surface area contributed by atoms with E-state index in [-0.39, 0.29) is 12.0 Å². The van der Waals surface area contributed by atoms with E-state index in [2.05, 4.69) is 11.6 Å². The van der Waals surface area contributed by atoms with Gasteiger partial charge in [0.25, 0.3) is 0 Å². The molecule has 88 valence electrons. The summed E-state index contributed by atoms with van der Waals surface area (Å²) in [5.74, 6) is 1.80. The lowest BCUT2D eigenvalue weighted by Gasteiger charge is -2.15. The number of rotatable bonds is 8. The van der Waals surface area contributed by atoms with Crippen LogP contribution in [-0.2, 0) is 9.53 Å². The second-order valence-electron chi connectivity index (χ2n) is 4.06. The number of carbonyl (C=O) groups excluding carboxylic acids is 1. The van der Waals surface area contributed by atoms with Crippen molar-refractivity contribution in [3.8, 4) is 0 Å². The van der Waals surface area contributed by atoms with E-state index in [0.717, 1.165) is 31.1 Å². The minimum atomic E-state index is -0.114. The number of hydrogen-bond acceptors (Lipinski definition) is 4. The first-order valence-electron chi connectivity index (χ1n) is 5.58. The lowest BCUT2D eigenvalue weighted by atomic mass is 10.1. The second-order valence-corrected chi connectivity index (χ2v) is 5.05. The summed E-state index contributed by atoms with van der Waals surface area (Å²) in [5, 5.41) is 3.31. The molecule has 0 aromatic rings. The zero-order valence-corrected chi connectivity index (χ0v) is 10.4. The number of esters is 1. The molecule has 0 amide bonds. The van der Waals surface area contributed by atoms with E-state index in [1.54, 1.807) is 0 Å². The SMILES string of the molecule is COC(=O)C(CCCSC)NCC1CC1. The van der Waals surface area contributed by atoms with Gasteiger partial charge in [-0.25, -0.2) is 0 Å². The molecule has 4 heteroatoms. The van der Waals surface area contributed by atoms with E-state index >= 15 is 0 Å². The van der Waals surface area contributed by atoms with Gasteiger partial charge in [-0.2, -0.15) is 11.8 Å². The average Bonchev–Trinajstić information content (AvgIpc) is 3.06. The summed E-state index contributed by atoms with van der Waals surface area (Å²) in [5.41, 5.74) is 0. The van der Waals surface area contributed by atoms with Crippen LogP contribution in [0.3, 0.4) is 0 Å². The fourth-order valence-electron chi connectivity index (χ4n) is 1.51. The fraction of sp³-hybridized carbons (Fsp3) is 0.909. The van der Waals surface area contributed by atoms with Gasteiger partial charge < -0.3 is 10.1 Å². The first-order valence-corrected chi connectivity index (χ1v) is 6.97. The quantitative estimate of drug-likeness (QED) is 0.509. The largest absolute Gasteiger partial charge is 0.468 e. The van der Waals surface area contributed by atoms with Gasteiger partial charge in [-0.1, -0.05) is 0 Å². The molecule has 1 unspecified atom stereocenters. The van der Waals surface area contributed by atoms with Gasteiger partial charge in [-0.3, -0.25) is 4.79 Å². The molecule has 1 rings (SSSR count). The molecular weight excluding hydrogens is 210 g/mol. The maximum Gasteiger partial charge on any atom is 0.322 e. The lowest BCUT2D eigenvalue weighted by molar-refractivity contribution is -0.143. The van der Waals surface area contributed by atoms with Crippen molar-refractivity contribution in [3.63, 3.8) is 0 Å². The number of methoxy groups -OCH3 is 1. The number of nitrogens with one attached hydrogen (secondary N) is 1. The summed E-state index contributed by atoms with van der Waals surface area (Å²) in [7, 11) is 1.46. The first-order chi connectivity index (χ1) is 7.27. The molecule has 3 nitrogen and oxygen atoms in total. The Morgan fingerprint density at radius 3 is 2.87 bits per heavy atom. The number of carbonyl (C=O) groups is 1. The van der Waals surface area contributed by atoms with Gasteiger partial charge in [0, 0.05) is 0 Å². The van der Waals surface area contributed by atoms with E-state index < -0.39 is 0 Å². The minimum absolute atomic E-state index is 0.0947. The summed E-state index contributed by atoms with van der Waals surface area (Å²) in [4.78, 5) is 11.4. The van der Waals surface area contributed by atoms with Crippen LogP contribution < -0.4 is 5.32 Å². The van der Waals surface area contributed by atoms with Gasteiger partial charge in [0.05, 0.1) is 7.11 Å². The Morgan fingerprint density at radius 2 is 2.33 bits per heavy atom. The van der Waals surface area contributed by atoms with Crippen LogP contribution in [0.5, 0.6) is 0 Å². The maximum atomic E-state index is 11.4. The highest BCUT2D eigenvalue weighted by atomic mass is 32.2. The smallest absolute Gasteiger partial charge is 0.322 e. The van der Waals surface area contributed by atoms with Crippen LogP contribution in [0.15, 0.2) is 0 Å². The average molecular weight is 231 g/mol. The van der Waals surface area contributed by atoms with E-state index in [0.29, 0.717) is 0 Å². The normalized spacial score (nSPS) is 17.5. The summed E-state index contributed by atoms with van der Waals surface area (Å²) in [6, 6.07) is -0.0947. The Labute approximate surface area is 96.3 Å². The van der Waals surface area contributed by atoms with Gasteiger partial charge in [0.2, 0.25) is 0 Å². The Kier molecular flexibility index (Phi) is 6.10. The van der Waals surface area contributed by atoms with Crippen LogP contribution in [0, 0.1) is 5.92 Å². The second kappa shape index (κ2) is 7.12. The molecule has 15 heavy (non-hydrogen) atoms. The zero-order chi connectivity index (χ0) is 11.1. The van der Waals surface area contributed by atoms with Gasteiger partial charge >= 0.3 is 5.97 Å². The lowest BCUT2D eigenvalue weighted by Crippen LogP contribution is -2.38. The highest BCUT2D eigenvalue weighted by Crippen LogP contribution is 2.27. The van der Waals surface area contributed by atoms with Crippen LogP contribution in [0.25, 0.3) is 0 Å². The number of thioether (sulfide) groups is 1. The molecule has 0 aliphatic heterocycles. The van der Waals surface area contributed by atoms with Crippen molar-refractivity contribution in [2.45, 2.75) is 31.7 Å². The van der Waals surface area contributed by atoms with Crippen molar-refractivity contribution in [2.75, 3.05) is 25.7 Å². The Balaban J connectivity index is 2.20. The predicted octanol–water partition coefficient (Wildman–Crippen LogP) is 1.67. The first kappa shape index (κ1) is 12.8. The number of ether oxygens (including phenoxy) is 1. The van der Waals surface area contributed by atoms with E-state index in [4.69, 9.17) is 4.74 Å². The zero-order valence-electron chi connectivity index (χ0n) is 9.62. The van der Waals surface area contributed by atoms with Gasteiger partial charge in [-0.05, 0) is 50.2 Å². The standard InChI is InChI=1S/C11H21NO2S/c1-14-11(13)10(4-3-7-15-2)12-8-9-5-6-9/h9-10,12H,3-8H2,1-2H3. The van der Waals surface area contributed by atoms with Crippen LogP contribution in [0.2, 0.25) is 0 Å². The molecule has 1 aliphatic rings. The maximum absolute atomic E-state index is 11.4. The molecule has 0 bridgehead atoms.